The minimum Gasteiger partial charge on any atom is -0.353 e. The fourth-order valence-electron chi connectivity index (χ4n) is 3.36. The maximum Gasteiger partial charge on any atom is 0.223 e. The monoisotopic (exact) mass is 278 g/mol. The molecule has 0 radical (unpaired) electrons. The number of hydrogen-bond acceptors (Lipinski definition) is 2. The van der Waals surface area contributed by atoms with E-state index in [1.165, 1.54) is 12.8 Å². The number of nitrogens with one attached hydrogen (secondary N) is 2. The van der Waals surface area contributed by atoms with E-state index in [0.29, 0.717) is 12.1 Å². The topological polar surface area (TPSA) is 58.2 Å². The predicted molar refractivity (Wildman–Crippen MR) is 77.0 cm³/mol. The third-order valence-corrected chi connectivity index (χ3v) is 5.37. The molecule has 3 fully saturated rings. The summed E-state index contributed by atoms with van der Waals surface area (Å²) in [4.78, 5) is 23.8. The Bertz CT molecular complexity index is 331. The number of rotatable bonds is 4. The van der Waals surface area contributed by atoms with Crippen molar-refractivity contribution in [3.05, 3.63) is 0 Å². The van der Waals surface area contributed by atoms with Crippen molar-refractivity contribution in [1.82, 2.24) is 10.6 Å². The third kappa shape index (κ3) is 3.15. The van der Waals surface area contributed by atoms with Gasteiger partial charge in [-0.25, -0.2) is 0 Å². The fraction of sp³-hybridized carbons (Fsp3) is 0.875. The summed E-state index contributed by atoms with van der Waals surface area (Å²) in [7, 11) is 0. The molecule has 0 aromatic carbocycles. The van der Waals surface area contributed by atoms with E-state index in [1.807, 2.05) is 0 Å². The summed E-state index contributed by atoms with van der Waals surface area (Å²) >= 11 is 0. The molecule has 0 aromatic rings. The van der Waals surface area contributed by atoms with E-state index in [-0.39, 0.29) is 23.7 Å². The Morgan fingerprint density at radius 1 is 0.600 bits per heavy atom. The van der Waals surface area contributed by atoms with Gasteiger partial charge in [-0.1, -0.05) is 12.8 Å². The molecule has 3 rings (SSSR count). The summed E-state index contributed by atoms with van der Waals surface area (Å²) in [5.74, 6) is 1.09. The highest BCUT2D eigenvalue weighted by atomic mass is 16.2. The van der Waals surface area contributed by atoms with Crippen LogP contribution in [0.1, 0.15) is 64.2 Å². The van der Waals surface area contributed by atoms with Gasteiger partial charge in [0.1, 0.15) is 0 Å². The molecule has 3 saturated carbocycles. The minimum atomic E-state index is 0.262. The molecule has 0 bridgehead atoms. The van der Waals surface area contributed by atoms with Crippen molar-refractivity contribution in [2.24, 2.45) is 11.8 Å². The van der Waals surface area contributed by atoms with Gasteiger partial charge in [0.15, 0.2) is 0 Å². The quantitative estimate of drug-likeness (QED) is 0.827. The summed E-state index contributed by atoms with van der Waals surface area (Å²) in [5.41, 5.74) is 0. The Labute approximate surface area is 121 Å². The van der Waals surface area contributed by atoms with Crippen LogP contribution in [0.3, 0.4) is 0 Å². The van der Waals surface area contributed by atoms with E-state index in [0.717, 1.165) is 51.4 Å². The van der Waals surface area contributed by atoms with Crippen LogP contribution in [-0.4, -0.2) is 23.9 Å². The molecule has 20 heavy (non-hydrogen) atoms. The van der Waals surface area contributed by atoms with Gasteiger partial charge in [-0.05, 0) is 51.4 Å². The average Bonchev–Trinajstić information content (AvgIpc) is 2.26. The van der Waals surface area contributed by atoms with Crippen molar-refractivity contribution in [3.63, 3.8) is 0 Å². The minimum absolute atomic E-state index is 0.262. The normalized spacial score (nSPS) is 31.0. The Hall–Kier alpha value is -1.06. The van der Waals surface area contributed by atoms with Crippen molar-refractivity contribution < 1.29 is 9.59 Å². The van der Waals surface area contributed by atoms with Crippen molar-refractivity contribution in [2.45, 2.75) is 76.3 Å². The molecule has 0 unspecified atom stereocenters. The summed E-state index contributed by atoms with van der Waals surface area (Å²) in [5, 5.41) is 6.38. The van der Waals surface area contributed by atoms with E-state index in [1.54, 1.807) is 0 Å². The zero-order valence-corrected chi connectivity index (χ0v) is 12.2. The van der Waals surface area contributed by atoms with Crippen molar-refractivity contribution in [2.75, 3.05) is 0 Å². The molecule has 0 aliphatic heterocycles. The highest BCUT2D eigenvalue weighted by Crippen LogP contribution is 2.29. The summed E-state index contributed by atoms with van der Waals surface area (Å²) in [6.07, 6.45) is 10.7. The molecule has 112 valence electrons. The molecule has 3 aliphatic rings. The molecule has 4 heteroatoms. The van der Waals surface area contributed by atoms with Crippen LogP contribution in [0.15, 0.2) is 0 Å². The van der Waals surface area contributed by atoms with E-state index in [9.17, 15) is 9.59 Å². The van der Waals surface area contributed by atoms with Gasteiger partial charge in [0, 0.05) is 23.9 Å². The number of carbonyl (C=O) groups excluding carboxylic acids is 2. The lowest BCUT2D eigenvalue weighted by Crippen LogP contribution is -2.47. The largest absolute Gasteiger partial charge is 0.353 e. The van der Waals surface area contributed by atoms with Gasteiger partial charge in [-0.2, -0.15) is 0 Å². The number of amides is 2. The molecule has 4 nitrogen and oxygen atoms in total. The highest BCUT2D eigenvalue weighted by Gasteiger charge is 2.31. The third-order valence-electron chi connectivity index (χ3n) is 5.37. The molecular weight excluding hydrogens is 252 g/mol. The number of carbonyl (C=O) groups is 2. The molecule has 0 spiro atoms. The summed E-state index contributed by atoms with van der Waals surface area (Å²) in [6.45, 7) is 0. The molecule has 2 N–H and O–H groups in total. The van der Waals surface area contributed by atoms with Gasteiger partial charge >= 0.3 is 0 Å². The van der Waals surface area contributed by atoms with E-state index >= 15 is 0 Å². The van der Waals surface area contributed by atoms with Crippen LogP contribution in [0.5, 0.6) is 0 Å². The second-order valence-electron chi connectivity index (χ2n) is 6.82. The SMILES string of the molecule is O=C(NC1CCC(NC(=O)C2CCC2)CC1)C1CCC1. The Morgan fingerprint density at radius 2 is 0.950 bits per heavy atom. The Morgan fingerprint density at radius 3 is 1.20 bits per heavy atom. The molecule has 2 amide bonds. The smallest absolute Gasteiger partial charge is 0.223 e. The van der Waals surface area contributed by atoms with Crippen LogP contribution in [0.4, 0.5) is 0 Å². The highest BCUT2D eigenvalue weighted by molar-refractivity contribution is 5.80. The van der Waals surface area contributed by atoms with Gasteiger partial charge in [0.2, 0.25) is 11.8 Å². The summed E-state index contributed by atoms with van der Waals surface area (Å²) in [6, 6.07) is 0.667. The molecular formula is C16H26N2O2. The average molecular weight is 278 g/mol. The first-order chi connectivity index (χ1) is 9.72. The van der Waals surface area contributed by atoms with Gasteiger partial charge in [-0.3, -0.25) is 9.59 Å². The van der Waals surface area contributed by atoms with Crippen molar-refractivity contribution in [3.8, 4) is 0 Å². The van der Waals surface area contributed by atoms with Crippen LogP contribution < -0.4 is 10.6 Å². The van der Waals surface area contributed by atoms with Gasteiger partial charge in [0.05, 0.1) is 0 Å². The van der Waals surface area contributed by atoms with E-state index in [2.05, 4.69) is 10.6 Å². The summed E-state index contributed by atoms with van der Waals surface area (Å²) < 4.78 is 0. The van der Waals surface area contributed by atoms with Gasteiger partial charge in [-0.15, -0.1) is 0 Å². The lowest BCUT2D eigenvalue weighted by atomic mass is 9.83. The first kappa shape index (κ1) is 13.9. The molecule has 0 saturated heterocycles. The van der Waals surface area contributed by atoms with E-state index < -0.39 is 0 Å². The molecule has 0 aromatic heterocycles. The van der Waals surface area contributed by atoms with Crippen LogP contribution in [0.2, 0.25) is 0 Å². The standard InChI is InChI=1S/C16H26N2O2/c19-15(11-3-1-4-11)17-13-7-9-14(10-8-13)18-16(20)12-5-2-6-12/h11-14H,1-10H2,(H,17,19)(H,18,20). The Kier molecular flexibility index (Phi) is 4.27. The molecule has 3 aliphatic carbocycles. The fourth-order valence-corrected chi connectivity index (χ4v) is 3.36. The second-order valence-corrected chi connectivity index (χ2v) is 6.82. The lowest BCUT2D eigenvalue weighted by molar-refractivity contribution is -0.130. The van der Waals surface area contributed by atoms with E-state index in [4.69, 9.17) is 0 Å². The first-order valence-corrected chi connectivity index (χ1v) is 8.33. The van der Waals surface area contributed by atoms with Gasteiger partial charge in [0.25, 0.3) is 0 Å². The first-order valence-electron chi connectivity index (χ1n) is 8.33. The molecule has 0 heterocycles. The van der Waals surface area contributed by atoms with Crippen LogP contribution in [-0.2, 0) is 9.59 Å². The Balaban J connectivity index is 1.35. The van der Waals surface area contributed by atoms with Crippen molar-refractivity contribution >= 4 is 11.8 Å². The van der Waals surface area contributed by atoms with Gasteiger partial charge < -0.3 is 10.6 Å². The maximum absolute atomic E-state index is 11.9. The molecule has 0 atom stereocenters. The predicted octanol–water partition coefficient (Wildman–Crippen LogP) is 2.13. The number of hydrogen-bond donors (Lipinski definition) is 2. The maximum atomic E-state index is 11.9. The van der Waals surface area contributed by atoms with Crippen LogP contribution >= 0.6 is 0 Å². The van der Waals surface area contributed by atoms with Crippen LogP contribution in [0, 0.1) is 11.8 Å². The zero-order chi connectivity index (χ0) is 13.9. The second kappa shape index (κ2) is 6.15. The van der Waals surface area contributed by atoms with Crippen LogP contribution in [0.25, 0.3) is 0 Å². The zero-order valence-electron chi connectivity index (χ0n) is 12.2. The van der Waals surface area contributed by atoms with Crippen molar-refractivity contribution in [1.29, 1.82) is 0 Å². The lowest BCUT2D eigenvalue weighted by Gasteiger charge is -2.33.